The highest BCUT2D eigenvalue weighted by Crippen LogP contribution is 2.79. The molecule has 0 radical (unpaired) electrons. The van der Waals surface area contributed by atoms with Crippen LogP contribution in [-0.4, -0.2) is 100 Å². The zero-order valence-corrected chi connectivity index (χ0v) is 24.5. The molecule has 5 aliphatic carbocycles. The van der Waals surface area contributed by atoms with Crippen molar-refractivity contribution < 1.29 is 33.6 Å². The Morgan fingerprint density at radius 2 is 1.82 bits per heavy atom. The SMILES string of the molecule is CCN1C[C@]2(COC)CC[C@H](OC)[C@@]34[C@@H]5C[C@@H]6[C@@H](OC)[C@H](O)[C@@](OC)([C@H]5[C@H]6OC(=O)c5ccccc5)[C@@H](C[C@H]23)[C@@H]14. The van der Waals surface area contributed by atoms with Crippen LogP contribution in [0.15, 0.2) is 30.3 Å². The number of fused-ring (bicyclic) bond motifs is 2. The molecule has 40 heavy (non-hydrogen) atoms. The number of ether oxygens (including phenoxy) is 5. The van der Waals surface area contributed by atoms with Gasteiger partial charge in [-0.3, -0.25) is 4.90 Å². The molecule has 0 aromatic heterocycles. The normalized spacial score (nSPS) is 50.1. The van der Waals surface area contributed by atoms with E-state index in [1.54, 1.807) is 26.4 Å². The van der Waals surface area contributed by atoms with Gasteiger partial charge in [0.15, 0.2) is 0 Å². The first-order valence-corrected chi connectivity index (χ1v) is 15.2. The molecule has 5 saturated carbocycles. The first-order valence-electron chi connectivity index (χ1n) is 15.2. The molecule has 1 heterocycles. The molecule has 6 aliphatic rings. The van der Waals surface area contributed by atoms with E-state index in [4.69, 9.17) is 23.7 Å². The number of carbonyl (C=O) groups excluding carboxylic acids is 1. The topological polar surface area (TPSA) is 86.7 Å². The van der Waals surface area contributed by atoms with Gasteiger partial charge in [0.1, 0.15) is 17.8 Å². The minimum atomic E-state index is -0.887. The van der Waals surface area contributed by atoms with E-state index in [0.717, 1.165) is 45.4 Å². The van der Waals surface area contributed by atoms with Crippen LogP contribution in [0.25, 0.3) is 0 Å². The van der Waals surface area contributed by atoms with Crippen molar-refractivity contribution in [2.45, 2.75) is 68.7 Å². The van der Waals surface area contributed by atoms with Gasteiger partial charge in [0.05, 0.1) is 24.4 Å². The lowest BCUT2D eigenvalue weighted by atomic mass is 9.43. The number of piperidine rings is 1. The van der Waals surface area contributed by atoms with Gasteiger partial charge in [0.2, 0.25) is 0 Å². The lowest BCUT2D eigenvalue weighted by Crippen LogP contribution is -2.79. The highest BCUT2D eigenvalue weighted by atomic mass is 16.6. The number of esters is 1. The summed E-state index contributed by atoms with van der Waals surface area (Å²) in [4.78, 5) is 16.2. The molecule has 7 bridgehead atoms. The van der Waals surface area contributed by atoms with Crippen LogP contribution < -0.4 is 0 Å². The fourth-order valence-electron chi connectivity index (χ4n) is 12.0. The molecule has 8 nitrogen and oxygen atoms in total. The van der Waals surface area contributed by atoms with Crippen molar-refractivity contribution in [3.63, 3.8) is 0 Å². The van der Waals surface area contributed by atoms with Crippen LogP contribution in [0.1, 0.15) is 43.0 Å². The molecular weight excluding hydrogens is 510 g/mol. The molecule has 1 aliphatic heterocycles. The lowest BCUT2D eigenvalue weighted by Gasteiger charge is -2.70. The standard InChI is InChI=1S/C32H45NO7/c1-6-33-16-30(17-36-2)13-12-23(37-3)31-20-14-19-25(40-29(35)18-10-8-7-9-11-18)24(20)32(39-5,28(34)26(19)38-4)21(27(31)33)15-22(30)31/h7-11,19-28,34H,6,12-17H2,1-5H3/t19-,20+,21-,22+,23-,24+,25-,26+,27+,28-,30-,31+,32-/m0/s1. The van der Waals surface area contributed by atoms with Crippen LogP contribution in [0.4, 0.5) is 0 Å². The van der Waals surface area contributed by atoms with Gasteiger partial charge in [-0.1, -0.05) is 25.1 Å². The average Bonchev–Trinajstić information content (AvgIpc) is 3.41. The minimum absolute atomic E-state index is 0.0263. The number of rotatable bonds is 8. The fraction of sp³-hybridized carbons (Fsp3) is 0.781. The summed E-state index contributed by atoms with van der Waals surface area (Å²) in [6, 6.07) is 9.44. The zero-order chi connectivity index (χ0) is 28.0. The van der Waals surface area contributed by atoms with Crippen LogP contribution in [0.5, 0.6) is 0 Å². The van der Waals surface area contributed by atoms with E-state index in [1.165, 1.54) is 0 Å². The van der Waals surface area contributed by atoms with Crippen molar-refractivity contribution in [2.24, 2.45) is 40.4 Å². The van der Waals surface area contributed by atoms with Crippen molar-refractivity contribution in [3.05, 3.63) is 35.9 Å². The second kappa shape index (κ2) is 9.48. The van der Waals surface area contributed by atoms with E-state index in [9.17, 15) is 9.90 Å². The summed E-state index contributed by atoms with van der Waals surface area (Å²) in [5.74, 6) is 0.0194. The monoisotopic (exact) mass is 555 g/mol. The Bertz CT molecular complexity index is 1130. The molecule has 13 atom stereocenters. The van der Waals surface area contributed by atoms with Gasteiger partial charge in [-0.05, 0) is 56.2 Å². The summed E-state index contributed by atoms with van der Waals surface area (Å²) >= 11 is 0. The molecule has 0 unspecified atom stereocenters. The Morgan fingerprint density at radius 3 is 2.48 bits per heavy atom. The average molecular weight is 556 g/mol. The number of aliphatic hydroxyl groups is 1. The van der Waals surface area contributed by atoms with Crippen molar-refractivity contribution in [1.29, 1.82) is 0 Å². The molecule has 220 valence electrons. The predicted octanol–water partition coefficient (Wildman–Crippen LogP) is 3.02. The van der Waals surface area contributed by atoms with Crippen molar-refractivity contribution in [2.75, 3.05) is 48.1 Å². The van der Waals surface area contributed by atoms with E-state index < -0.39 is 23.9 Å². The van der Waals surface area contributed by atoms with Gasteiger partial charge in [0.25, 0.3) is 0 Å². The number of hydrogen-bond donors (Lipinski definition) is 1. The van der Waals surface area contributed by atoms with Crippen LogP contribution in [-0.2, 0) is 23.7 Å². The van der Waals surface area contributed by atoms with Crippen LogP contribution in [0, 0.1) is 40.4 Å². The molecule has 1 spiro atoms. The molecule has 8 heteroatoms. The van der Waals surface area contributed by atoms with Crippen LogP contribution in [0.2, 0.25) is 0 Å². The third kappa shape index (κ3) is 3.06. The molecule has 1 saturated heterocycles. The van der Waals surface area contributed by atoms with E-state index in [2.05, 4.69) is 11.8 Å². The quantitative estimate of drug-likeness (QED) is 0.490. The van der Waals surface area contributed by atoms with Crippen molar-refractivity contribution >= 4 is 5.97 Å². The third-order valence-corrected chi connectivity index (χ3v) is 12.8. The fourth-order valence-corrected chi connectivity index (χ4v) is 12.0. The smallest absolute Gasteiger partial charge is 0.338 e. The number of benzene rings is 1. The number of carbonyl (C=O) groups is 1. The number of hydrogen-bond acceptors (Lipinski definition) is 8. The zero-order valence-electron chi connectivity index (χ0n) is 24.5. The maximum atomic E-state index is 13.5. The molecule has 1 aromatic rings. The highest BCUT2D eigenvalue weighted by Gasteiger charge is 2.86. The van der Waals surface area contributed by atoms with E-state index in [-0.39, 0.29) is 52.6 Å². The Hall–Kier alpha value is -1.55. The number of aliphatic hydroxyl groups excluding tert-OH is 1. The van der Waals surface area contributed by atoms with Crippen molar-refractivity contribution in [3.8, 4) is 0 Å². The first-order chi connectivity index (χ1) is 19.4. The van der Waals surface area contributed by atoms with E-state index in [0.29, 0.717) is 11.5 Å². The summed E-state index contributed by atoms with van der Waals surface area (Å²) in [7, 11) is 7.13. The van der Waals surface area contributed by atoms with Crippen LogP contribution in [0.3, 0.4) is 0 Å². The highest BCUT2D eigenvalue weighted by molar-refractivity contribution is 5.89. The summed E-state index contributed by atoms with van der Waals surface area (Å²) in [6.45, 7) is 4.90. The van der Waals surface area contributed by atoms with Gasteiger partial charge in [-0.2, -0.15) is 0 Å². The minimum Gasteiger partial charge on any atom is -0.458 e. The second-order valence-electron chi connectivity index (χ2n) is 13.4. The Kier molecular flexibility index (Phi) is 6.47. The first kappa shape index (κ1) is 27.3. The largest absolute Gasteiger partial charge is 0.458 e. The van der Waals surface area contributed by atoms with E-state index in [1.807, 2.05) is 32.4 Å². The van der Waals surface area contributed by atoms with Gasteiger partial charge >= 0.3 is 5.97 Å². The second-order valence-corrected chi connectivity index (χ2v) is 13.4. The van der Waals surface area contributed by atoms with Crippen LogP contribution >= 0.6 is 0 Å². The maximum absolute atomic E-state index is 13.5. The summed E-state index contributed by atoms with van der Waals surface area (Å²) in [6.07, 6.45) is 2.22. The Labute approximate surface area is 237 Å². The van der Waals surface area contributed by atoms with Gasteiger partial charge in [-0.15, -0.1) is 0 Å². The Morgan fingerprint density at radius 1 is 1.05 bits per heavy atom. The van der Waals surface area contributed by atoms with Gasteiger partial charge in [-0.25, -0.2) is 4.79 Å². The van der Waals surface area contributed by atoms with E-state index >= 15 is 0 Å². The lowest BCUT2D eigenvalue weighted by molar-refractivity contribution is -0.305. The third-order valence-electron chi connectivity index (χ3n) is 12.8. The molecule has 0 amide bonds. The molecule has 1 aromatic carbocycles. The predicted molar refractivity (Wildman–Crippen MR) is 147 cm³/mol. The number of nitrogens with zero attached hydrogens (tertiary/aromatic N) is 1. The number of methoxy groups -OCH3 is 4. The number of likely N-dealkylation sites (tertiary alicyclic amines) is 1. The molecule has 1 N–H and O–H groups in total. The van der Waals surface area contributed by atoms with Gasteiger partial charge < -0.3 is 28.8 Å². The van der Waals surface area contributed by atoms with Gasteiger partial charge in [0, 0.05) is 69.6 Å². The summed E-state index contributed by atoms with van der Waals surface area (Å²) in [5, 5.41) is 12.2. The Balaban J connectivity index is 1.42. The molecule has 6 fully saturated rings. The van der Waals surface area contributed by atoms with Crippen molar-refractivity contribution in [1.82, 2.24) is 4.90 Å². The summed E-state index contributed by atoms with van der Waals surface area (Å²) in [5.41, 5.74) is -0.452. The maximum Gasteiger partial charge on any atom is 0.338 e. The summed E-state index contributed by atoms with van der Waals surface area (Å²) < 4.78 is 31.7. The molecular formula is C32H45NO7. The molecule has 7 rings (SSSR count).